The Morgan fingerprint density at radius 2 is 2.09 bits per heavy atom. The van der Waals surface area contributed by atoms with Crippen LogP contribution < -0.4 is 4.74 Å². The number of nitrogens with zero attached hydrogens (tertiary/aromatic N) is 1. The van der Waals surface area contributed by atoms with E-state index < -0.39 is 0 Å². The second-order valence-corrected chi connectivity index (χ2v) is 6.09. The maximum atomic E-state index is 6.11. The van der Waals surface area contributed by atoms with Crippen LogP contribution in [0.15, 0.2) is 34.7 Å². The molecule has 0 aliphatic carbocycles. The summed E-state index contributed by atoms with van der Waals surface area (Å²) in [5.41, 5.74) is 1.11. The van der Waals surface area contributed by atoms with E-state index in [0.717, 1.165) is 47.5 Å². The summed E-state index contributed by atoms with van der Waals surface area (Å²) in [5.74, 6) is 2.70. The predicted octanol–water partition coefficient (Wildman–Crippen LogP) is 3.86. The van der Waals surface area contributed by atoms with Gasteiger partial charge in [-0.25, -0.2) is 0 Å². The van der Waals surface area contributed by atoms with E-state index in [1.165, 1.54) is 0 Å². The van der Waals surface area contributed by atoms with Crippen LogP contribution >= 0.6 is 11.6 Å². The molecule has 5 heteroatoms. The van der Waals surface area contributed by atoms with E-state index in [1.54, 1.807) is 7.11 Å². The molecule has 22 heavy (non-hydrogen) atoms. The highest BCUT2D eigenvalue weighted by Crippen LogP contribution is 2.28. The van der Waals surface area contributed by atoms with E-state index in [-0.39, 0.29) is 6.10 Å². The average Bonchev–Trinajstić information content (AvgIpc) is 2.82. The van der Waals surface area contributed by atoms with Gasteiger partial charge in [0.25, 0.3) is 0 Å². The summed E-state index contributed by atoms with van der Waals surface area (Å²) in [7, 11) is 1.66. The highest BCUT2D eigenvalue weighted by molar-refractivity contribution is 6.30. The Kier molecular flexibility index (Phi) is 4.71. The van der Waals surface area contributed by atoms with Gasteiger partial charge < -0.3 is 13.9 Å². The highest BCUT2D eigenvalue weighted by Gasteiger charge is 2.21. The van der Waals surface area contributed by atoms with Gasteiger partial charge in [0.2, 0.25) is 0 Å². The summed E-state index contributed by atoms with van der Waals surface area (Å²) in [6.07, 6.45) is 0.121. The number of hydrogen-bond acceptors (Lipinski definition) is 4. The van der Waals surface area contributed by atoms with Gasteiger partial charge in [-0.15, -0.1) is 0 Å². The molecular formula is C17H20ClNO3. The fourth-order valence-electron chi connectivity index (χ4n) is 2.78. The third kappa shape index (κ3) is 3.64. The molecule has 0 N–H and O–H groups in total. The third-order valence-electron chi connectivity index (χ3n) is 3.64. The lowest BCUT2D eigenvalue weighted by molar-refractivity contribution is 0.142. The number of hydrogen-bond donors (Lipinski definition) is 0. The maximum absolute atomic E-state index is 6.11. The fraction of sp³-hybridized carbons (Fsp3) is 0.412. The highest BCUT2D eigenvalue weighted by atomic mass is 35.5. The van der Waals surface area contributed by atoms with Gasteiger partial charge in [-0.1, -0.05) is 11.6 Å². The minimum absolute atomic E-state index is 0.121. The van der Waals surface area contributed by atoms with Gasteiger partial charge in [0.05, 0.1) is 6.54 Å². The smallest absolute Gasteiger partial charge is 0.129 e. The molecular weight excluding hydrogens is 302 g/mol. The second kappa shape index (κ2) is 6.73. The van der Waals surface area contributed by atoms with Gasteiger partial charge in [0.1, 0.15) is 30.0 Å². The van der Waals surface area contributed by atoms with Crippen molar-refractivity contribution in [3.8, 4) is 5.75 Å². The molecule has 2 aromatic rings. The molecule has 1 aromatic carbocycles. The van der Waals surface area contributed by atoms with Crippen molar-refractivity contribution >= 4 is 11.6 Å². The van der Waals surface area contributed by atoms with Crippen LogP contribution in [0, 0.1) is 0 Å². The zero-order valence-electron chi connectivity index (χ0n) is 12.8. The van der Waals surface area contributed by atoms with Crippen LogP contribution in [0.1, 0.15) is 24.0 Å². The Bertz CT molecular complexity index is 641. The Morgan fingerprint density at radius 3 is 2.91 bits per heavy atom. The maximum Gasteiger partial charge on any atom is 0.129 e. The van der Waals surface area contributed by atoms with Gasteiger partial charge in [0, 0.05) is 30.8 Å². The van der Waals surface area contributed by atoms with Crippen LogP contribution in [0.4, 0.5) is 0 Å². The topological polar surface area (TPSA) is 34.8 Å². The Labute approximate surface area is 135 Å². The van der Waals surface area contributed by atoms with Gasteiger partial charge in [0.15, 0.2) is 0 Å². The van der Waals surface area contributed by atoms with E-state index in [4.69, 9.17) is 25.5 Å². The number of fused-ring (bicyclic) bond motifs is 1. The number of benzene rings is 1. The van der Waals surface area contributed by atoms with E-state index in [2.05, 4.69) is 11.8 Å². The van der Waals surface area contributed by atoms with Crippen molar-refractivity contribution in [3.63, 3.8) is 0 Å². The second-order valence-electron chi connectivity index (χ2n) is 5.65. The first-order chi connectivity index (χ1) is 10.6. The quantitative estimate of drug-likeness (QED) is 0.856. The van der Waals surface area contributed by atoms with Crippen molar-refractivity contribution < 1.29 is 13.9 Å². The zero-order chi connectivity index (χ0) is 15.5. The third-order valence-corrected chi connectivity index (χ3v) is 3.88. The standard InChI is InChI=1S/C17H20ClNO3/c1-12-8-19(10-15-4-5-16(22-15)11-20-2)9-13-7-14(18)3-6-17(13)21-12/h3-7,12H,8-11H2,1-2H3. The normalized spacial score (nSPS) is 18.6. The molecule has 0 radical (unpaired) electrons. The van der Waals surface area contributed by atoms with Crippen molar-refractivity contribution in [1.29, 1.82) is 0 Å². The van der Waals surface area contributed by atoms with Crippen LogP contribution in [-0.2, 0) is 24.4 Å². The molecule has 1 aliphatic heterocycles. The molecule has 1 aliphatic rings. The first-order valence-corrected chi connectivity index (χ1v) is 7.76. The molecule has 0 bridgehead atoms. The summed E-state index contributed by atoms with van der Waals surface area (Å²) >= 11 is 6.11. The zero-order valence-corrected chi connectivity index (χ0v) is 13.6. The van der Waals surface area contributed by atoms with E-state index in [9.17, 15) is 0 Å². The minimum Gasteiger partial charge on any atom is -0.489 e. The molecule has 0 saturated carbocycles. The summed E-state index contributed by atoms with van der Waals surface area (Å²) in [6.45, 7) is 4.95. The predicted molar refractivity (Wildman–Crippen MR) is 85.1 cm³/mol. The van der Waals surface area contributed by atoms with E-state index in [0.29, 0.717) is 6.61 Å². The first-order valence-electron chi connectivity index (χ1n) is 7.38. The lowest BCUT2D eigenvalue weighted by Gasteiger charge is -2.20. The van der Waals surface area contributed by atoms with Crippen LogP contribution in [-0.4, -0.2) is 24.7 Å². The average molecular weight is 322 g/mol. The molecule has 2 heterocycles. The first kappa shape index (κ1) is 15.4. The molecule has 0 spiro atoms. The SMILES string of the molecule is COCc1ccc(CN2Cc3cc(Cl)ccc3OC(C)C2)o1. The summed E-state index contributed by atoms with van der Waals surface area (Å²) < 4.78 is 16.8. The van der Waals surface area contributed by atoms with Crippen molar-refractivity contribution in [2.45, 2.75) is 32.7 Å². The number of halogens is 1. The van der Waals surface area contributed by atoms with Gasteiger partial charge >= 0.3 is 0 Å². The lowest BCUT2D eigenvalue weighted by atomic mass is 10.2. The van der Waals surface area contributed by atoms with Crippen molar-refractivity contribution in [3.05, 3.63) is 52.4 Å². The largest absolute Gasteiger partial charge is 0.489 e. The molecule has 1 unspecified atom stereocenters. The number of ether oxygens (including phenoxy) is 2. The van der Waals surface area contributed by atoms with E-state index in [1.807, 2.05) is 30.3 Å². The molecule has 0 saturated heterocycles. The van der Waals surface area contributed by atoms with Crippen LogP contribution in [0.5, 0.6) is 5.75 Å². The molecule has 0 fully saturated rings. The monoisotopic (exact) mass is 321 g/mol. The van der Waals surface area contributed by atoms with Crippen LogP contribution in [0.2, 0.25) is 5.02 Å². The summed E-state index contributed by atoms with van der Waals surface area (Å²) in [6, 6.07) is 9.75. The number of methoxy groups -OCH3 is 1. The van der Waals surface area contributed by atoms with Crippen LogP contribution in [0.3, 0.4) is 0 Å². The van der Waals surface area contributed by atoms with Crippen molar-refractivity contribution in [1.82, 2.24) is 4.90 Å². The van der Waals surface area contributed by atoms with E-state index >= 15 is 0 Å². The number of rotatable bonds is 4. The Morgan fingerprint density at radius 1 is 1.27 bits per heavy atom. The Balaban J connectivity index is 1.75. The molecule has 3 rings (SSSR count). The molecule has 1 atom stereocenters. The Hall–Kier alpha value is -1.49. The van der Waals surface area contributed by atoms with Gasteiger partial charge in [-0.05, 0) is 37.3 Å². The fourth-order valence-corrected chi connectivity index (χ4v) is 2.97. The van der Waals surface area contributed by atoms with Gasteiger partial charge in [-0.2, -0.15) is 0 Å². The van der Waals surface area contributed by atoms with Crippen LogP contribution in [0.25, 0.3) is 0 Å². The van der Waals surface area contributed by atoms with Crippen molar-refractivity contribution in [2.75, 3.05) is 13.7 Å². The van der Waals surface area contributed by atoms with Crippen molar-refractivity contribution in [2.24, 2.45) is 0 Å². The molecule has 4 nitrogen and oxygen atoms in total. The summed E-state index contributed by atoms with van der Waals surface area (Å²) in [5, 5.41) is 0.734. The van der Waals surface area contributed by atoms with Gasteiger partial charge in [-0.3, -0.25) is 4.90 Å². The molecule has 118 valence electrons. The number of furan rings is 1. The lowest BCUT2D eigenvalue weighted by Crippen LogP contribution is -2.30. The summed E-state index contributed by atoms with van der Waals surface area (Å²) in [4.78, 5) is 2.31. The molecule has 0 amide bonds. The molecule has 1 aromatic heterocycles. The minimum atomic E-state index is 0.121.